The highest BCUT2D eigenvalue weighted by atomic mass is 32.2. The highest BCUT2D eigenvalue weighted by molar-refractivity contribution is 8.00. The van der Waals surface area contributed by atoms with Crippen LogP contribution in [0.5, 0.6) is 0 Å². The highest BCUT2D eigenvalue weighted by Gasteiger charge is 2.28. The summed E-state index contributed by atoms with van der Waals surface area (Å²) in [6.07, 6.45) is 1.70. The molecule has 1 aromatic heterocycles. The van der Waals surface area contributed by atoms with Gasteiger partial charge in [-0.15, -0.1) is 11.8 Å². The van der Waals surface area contributed by atoms with E-state index >= 15 is 0 Å². The van der Waals surface area contributed by atoms with Gasteiger partial charge in [-0.1, -0.05) is 37.3 Å². The number of benzene rings is 1. The minimum atomic E-state index is -0.653. The van der Waals surface area contributed by atoms with Crippen LogP contribution < -0.4 is 5.69 Å². The van der Waals surface area contributed by atoms with Crippen LogP contribution >= 0.6 is 11.8 Å². The van der Waals surface area contributed by atoms with Crippen molar-refractivity contribution in [2.24, 2.45) is 0 Å². The second-order valence-electron chi connectivity index (χ2n) is 5.45. The summed E-state index contributed by atoms with van der Waals surface area (Å²) >= 11 is 1.47. The van der Waals surface area contributed by atoms with Gasteiger partial charge in [-0.25, -0.2) is 9.18 Å². The van der Waals surface area contributed by atoms with Crippen LogP contribution in [0.4, 0.5) is 4.39 Å². The lowest BCUT2D eigenvalue weighted by Gasteiger charge is -2.12. The van der Waals surface area contributed by atoms with E-state index in [0.717, 1.165) is 12.6 Å². The number of nitrogens with zero attached hydrogens (tertiary/aromatic N) is 2. The molecule has 5 nitrogen and oxygen atoms in total. The van der Waals surface area contributed by atoms with Gasteiger partial charge in [0, 0.05) is 11.8 Å². The van der Waals surface area contributed by atoms with Crippen molar-refractivity contribution in [1.82, 2.24) is 9.55 Å². The van der Waals surface area contributed by atoms with Gasteiger partial charge in [0.2, 0.25) is 0 Å². The Balaban J connectivity index is 1.80. The standard InChI is InChI=1S/C17H17FN2O3S/c1-2-16-23-10-15(24-16)20-9-12(18)13(19-17(20)22)8-14(21)11-6-4-3-5-7-11/h3-7,9,15-16H,2,8,10H2,1H3/t15-,16-/m1/s1. The maximum Gasteiger partial charge on any atom is 0.349 e. The Bertz CT molecular complexity index is 794. The van der Waals surface area contributed by atoms with Gasteiger partial charge in [-0.2, -0.15) is 4.98 Å². The second kappa shape index (κ2) is 7.27. The molecule has 0 unspecified atom stereocenters. The van der Waals surface area contributed by atoms with Gasteiger partial charge in [0.1, 0.15) is 10.8 Å². The van der Waals surface area contributed by atoms with Crippen LogP contribution in [0.1, 0.15) is 34.8 Å². The Kier molecular flexibility index (Phi) is 5.11. The molecule has 3 rings (SSSR count). The van der Waals surface area contributed by atoms with Crippen molar-refractivity contribution in [1.29, 1.82) is 0 Å². The zero-order valence-electron chi connectivity index (χ0n) is 13.1. The summed E-state index contributed by atoms with van der Waals surface area (Å²) in [5.74, 6) is -0.928. The van der Waals surface area contributed by atoms with Gasteiger partial charge in [-0.3, -0.25) is 9.36 Å². The molecule has 1 aliphatic heterocycles. The Labute approximate surface area is 142 Å². The quantitative estimate of drug-likeness (QED) is 0.778. The van der Waals surface area contributed by atoms with E-state index in [0.29, 0.717) is 12.2 Å². The zero-order valence-corrected chi connectivity index (χ0v) is 14.0. The Morgan fingerprint density at radius 1 is 1.42 bits per heavy atom. The van der Waals surface area contributed by atoms with E-state index in [4.69, 9.17) is 4.74 Å². The SMILES string of the molecule is CC[C@@H]1OC[C@H](n2cc(F)c(CC(=O)c3ccccc3)nc2=O)S1. The van der Waals surface area contributed by atoms with E-state index in [9.17, 15) is 14.0 Å². The maximum atomic E-state index is 14.3. The number of ketones is 1. The molecule has 1 saturated heterocycles. The third-order valence-corrected chi connectivity index (χ3v) is 5.23. The summed E-state index contributed by atoms with van der Waals surface area (Å²) in [6.45, 7) is 2.33. The number of carbonyl (C=O) groups excluding carboxylic acids is 1. The number of carbonyl (C=O) groups is 1. The van der Waals surface area contributed by atoms with E-state index < -0.39 is 11.5 Å². The number of thioether (sulfide) groups is 1. The number of hydrogen-bond donors (Lipinski definition) is 0. The van der Waals surface area contributed by atoms with Crippen LogP contribution in [0.2, 0.25) is 0 Å². The van der Waals surface area contributed by atoms with E-state index in [1.54, 1.807) is 30.3 Å². The van der Waals surface area contributed by atoms with Crippen LogP contribution in [-0.4, -0.2) is 27.4 Å². The summed E-state index contributed by atoms with van der Waals surface area (Å²) in [4.78, 5) is 28.1. The minimum Gasteiger partial charge on any atom is -0.364 e. The van der Waals surface area contributed by atoms with Gasteiger partial charge in [0.15, 0.2) is 11.6 Å². The first-order valence-corrected chi connectivity index (χ1v) is 8.65. The average molecular weight is 348 g/mol. The molecule has 1 aliphatic rings. The van der Waals surface area contributed by atoms with E-state index in [1.165, 1.54) is 16.3 Å². The van der Waals surface area contributed by atoms with E-state index in [2.05, 4.69) is 4.98 Å². The number of rotatable bonds is 5. The van der Waals surface area contributed by atoms with E-state index in [1.807, 2.05) is 6.92 Å². The minimum absolute atomic E-state index is 0.00398. The number of halogens is 1. The molecule has 0 N–H and O–H groups in total. The molecular formula is C17H17FN2O3S. The number of hydrogen-bond acceptors (Lipinski definition) is 5. The number of aromatic nitrogens is 2. The Morgan fingerprint density at radius 3 is 2.83 bits per heavy atom. The van der Waals surface area contributed by atoms with Crippen molar-refractivity contribution in [3.05, 3.63) is 64.1 Å². The lowest BCUT2D eigenvalue weighted by atomic mass is 10.1. The van der Waals surface area contributed by atoms with Crippen LogP contribution in [-0.2, 0) is 11.2 Å². The van der Waals surface area contributed by atoms with Gasteiger partial charge in [-0.05, 0) is 6.42 Å². The molecule has 0 radical (unpaired) electrons. The van der Waals surface area contributed by atoms with Crippen LogP contribution in [0.3, 0.4) is 0 Å². The third-order valence-electron chi connectivity index (χ3n) is 3.78. The van der Waals surface area contributed by atoms with Crippen LogP contribution in [0, 0.1) is 5.82 Å². The molecule has 24 heavy (non-hydrogen) atoms. The first-order valence-electron chi connectivity index (χ1n) is 7.71. The summed E-state index contributed by atoms with van der Waals surface area (Å²) in [7, 11) is 0. The van der Waals surface area contributed by atoms with Gasteiger partial charge in [0.25, 0.3) is 0 Å². The topological polar surface area (TPSA) is 61.2 Å². The number of ether oxygens (including phenoxy) is 1. The average Bonchev–Trinajstić information content (AvgIpc) is 3.07. The molecule has 0 amide bonds. The molecule has 1 aromatic carbocycles. The molecule has 0 aliphatic carbocycles. The number of Topliss-reactive ketones (excluding diaryl/α,β-unsaturated/α-hetero) is 1. The lowest BCUT2D eigenvalue weighted by Crippen LogP contribution is -2.28. The summed E-state index contributed by atoms with van der Waals surface area (Å²) < 4.78 is 21.1. The monoisotopic (exact) mass is 348 g/mol. The van der Waals surface area contributed by atoms with Gasteiger partial charge < -0.3 is 4.74 Å². The first kappa shape index (κ1) is 16.9. The van der Waals surface area contributed by atoms with Crippen LogP contribution in [0.15, 0.2) is 41.3 Å². The fourth-order valence-electron chi connectivity index (χ4n) is 2.49. The molecular weight excluding hydrogens is 331 g/mol. The summed E-state index contributed by atoms with van der Waals surface area (Å²) in [5, 5.41) is -0.289. The van der Waals surface area contributed by atoms with Crippen molar-refractivity contribution < 1.29 is 13.9 Å². The fraction of sp³-hybridized carbons (Fsp3) is 0.353. The van der Waals surface area contributed by atoms with E-state index in [-0.39, 0.29) is 28.7 Å². The molecule has 2 heterocycles. The first-order chi connectivity index (χ1) is 11.6. The normalized spacial score (nSPS) is 20.2. The molecule has 2 aromatic rings. The van der Waals surface area contributed by atoms with Gasteiger partial charge >= 0.3 is 5.69 Å². The molecule has 126 valence electrons. The Morgan fingerprint density at radius 2 is 2.17 bits per heavy atom. The summed E-state index contributed by atoms with van der Waals surface area (Å²) in [6, 6.07) is 8.56. The molecule has 2 atom stereocenters. The molecule has 7 heteroatoms. The lowest BCUT2D eigenvalue weighted by molar-refractivity contribution is 0.0990. The van der Waals surface area contributed by atoms with Crippen molar-refractivity contribution in [2.45, 2.75) is 30.6 Å². The van der Waals surface area contributed by atoms with Crippen LogP contribution in [0.25, 0.3) is 0 Å². The highest BCUT2D eigenvalue weighted by Crippen LogP contribution is 2.36. The summed E-state index contributed by atoms with van der Waals surface area (Å²) in [5.41, 5.74) is -0.219. The molecule has 0 spiro atoms. The maximum absolute atomic E-state index is 14.3. The smallest absolute Gasteiger partial charge is 0.349 e. The van der Waals surface area contributed by atoms with Crippen molar-refractivity contribution >= 4 is 17.5 Å². The van der Waals surface area contributed by atoms with Crippen molar-refractivity contribution in [2.75, 3.05) is 6.61 Å². The second-order valence-corrected chi connectivity index (χ2v) is 6.80. The molecule has 0 bridgehead atoms. The predicted octanol–water partition coefficient (Wildman–Crippen LogP) is 2.81. The van der Waals surface area contributed by atoms with Gasteiger partial charge in [0.05, 0.1) is 18.7 Å². The third kappa shape index (κ3) is 3.57. The largest absolute Gasteiger partial charge is 0.364 e. The van der Waals surface area contributed by atoms with Crippen molar-refractivity contribution in [3.8, 4) is 0 Å². The fourth-order valence-corrected chi connectivity index (χ4v) is 3.63. The zero-order chi connectivity index (χ0) is 17.1. The molecule has 0 saturated carbocycles. The predicted molar refractivity (Wildman–Crippen MR) is 89.6 cm³/mol. The molecule has 1 fully saturated rings. The Hall–Kier alpha value is -1.99. The van der Waals surface area contributed by atoms with Crippen molar-refractivity contribution in [3.63, 3.8) is 0 Å².